The van der Waals surface area contributed by atoms with Crippen molar-refractivity contribution in [3.8, 4) is 5.75 Å². The van der Waals surface area contributed by atoms with Crippen LogP contribution in [-0.2, 0) is 13.5 Å². The topological polar surface area (TPSA) is 70.1 Å². The zero-order chi connectivity index (χ0) is 18.8. The van der Waals surface area contributed by atoms with Crippen LogP contribution in [-0.4, -0.2) is 22.4 Å². The Bertz CT molecular complexity index is 962. The van der Waals surface area contributed by atoms with E-state index in [1.54, 1.807) is 43.6 Å². The number of ether oxygens (including phenoxy) is 1. The van der Waals surface area contributed by atoms with Crippen molar-refractivity contribution in [1.29, 1.82) is 0 Å². The van der Waals surface area contributed by atoms with Gasteiger partial charge in [0.15, 0.2) is 0 Å². The number of benzene rings is 1. The number of aryl methyl sites for hydroxylation is 1. The number of carbonyl (C=O) groups excluding carboxylic acids is 1. The summed E-state index contributed by atoms with van der Waals surface area (Å²) in [6.07, 6.45) is 2.10. The molecule has 0 saturated heterocycles. The van der Waals surface area contributed by atoms with Crippen molar-refractivity contribution in [2.75, 3.05) is 12.8 Å². The summed E-state index contributed by atoms with van der Waals surface area (Å²) < 4.78 is 7.05. The van der Waals surface area contributed by atoms with Crippen LogP contribution in [0.4, 0.5) is 5.69 Å². The van der Waals surface area contributed by atoms with Crippen LogP contribution in [0.2, 0.25) is 5.02 Å². The molecule has 134 valence electrons. The molecule has 1 aromatic carbocycles. The summed E-state index contributed by atoms with van der Waals surface area (Å²) in [5, 5.41) is 0.520. The Balaban J connectivity index is 1.93. The minimum atomic E-state index is -0.0322. The summed E-state index contributed by atoms with van der Waals surface area (Å²) in [4.78, 5) is 17.3. The van der Waals surface area contributed by atoms with Gasteiger partial charge in [0.25, 0.3) is 0 Å². The number of nitrogens with zero attached hydrogens (tertiary/aromatic N) is 2. The monoisotopic (exact) mass is 369 g/mol. The minimum Gasteiger partial charge on any atom is -0.497 e. The third-order valence-electron chi connectivity index (χ3n) is 4.38. The second-order valence-corrected chi connectivity index (χ2v) is 6.57. The molecule has 3 aromatic rings. The first-order valence-corrected chi connectivity index (χ1v) is 8.52. The molecule has 6 heteroatoms. The van der Waals surface area contributed by atoms with Gasteiger partial charge in [-0.2, -0.15) is 0 Å². The molecule has 0 spiro atoms. The molecule has 5 nitrogen and oxygen atoms in total. The van der Waals surface area contributed by atoms with Gasteiger partial charge in [0.1, 0.15) is 5.75 Å². The standard InChI is InChI=1S/C20H20ClN3O2/c1-12-8-15(10-18-17(21)9-14(22)11-23-18)24(2)19(12)20(25)13-4-6-16(26-3)7-5-13/h4-9,11H,10,22H2,1-3H3. The van der Waals surface area contributed by atoms with E-state index in [0.717, 1.165) is 22.7 Å². The Labute approximate surface area is 157 Å². The Hall–Kier alpha value is -2.79. The number of methoxy groups -OCH3 is 1. The predicted molar refractivity (Wildman–Crippen MR) is 103 cm³/mol. The number of anilines is 1. The highest BCUT2D eigenvalue weighted by atomic mass is 35.5. The van der Waals surface area contributed by atoms with Crippen LogP contribution < -0.4 is 10.5 Å². The van der Waals surface area contributed by atoms with Crippen molar-refractivity contribution < 1.29 is 9.53 Å². The number of rotatable bonds is 5. The lowest BCUT2D eigenvalue weighted by atomic mass is 10.1. The van der Waals surface area contributed by atoms with Gasteiger partial charge in [-0.1, -0.05) is 11.6 Å². The maximum Gasteiger partial charge on any atom is 0.209 e. The second-order valence-electron chi connectivity index (χ2n) is 6.16. The van der Waals surface area contributed by atoms with Crippen molar-refractivity contribution in [2.45, 2.75) is 13.3 Å². The van der Waals surface area contributed by atoms with E-state index in [9.17, 15) is 4.79 Å². The maximum atomic E-state index is 12.9. The largest absolute Gasteiger partial charge is 0.497 e. The minimum absolute atomic E-state index is 0.0322. The fourth-order valence-corrected chi connectivity index (χ4v) is 3.23. The van der Waals surface area contributed by atoms with Gasteiger partial charge in [-0.25, -0.2) is 0 Å². The van der Waals surface area contributed by atoms with Crippen LogP contribution in [0.25, 0.3) is 0 Å². The van der Waals surface area contributed by atoms with Gasteiger partial charge >= 0.3 is 0 Å². The second kappa shape index (κ2) is 7.22. The molecule has 0 saturated carbocycles. The van der Waals surface area contributed by atoms with E-state index < -0.39 is 0 Å². The summed E-state index contributed by atoms with van der Waals surface area (Å²) in [6, 6.07) is 10.8. The number of hydrogen-bond acceptors (Lipinski definition) is 4. The smallest absolute Gasteiger partial charge is 0.209 e. The highest BCUT2D eigenvalue weighted by molar-refractivity contribution is 6.31. The number of pyridine rings is 1. The summed E-state index contributed by atoms with van der Waals surface area (Å²) >= 11 is 6.23. The summed E-state index contributed by atoms with van der Waals surface area (Å²) in [6.45, 7) is 1.93. The van der Waals surface area contributed by atoms with E-state index in [1.165, 1.54) is 0 Å². The Kier molecular flexibility index (Phi) is 5.00. The zero-order valence-corrected chi connectivity index (χ0v) is 15.7. The molecule has 0 atom stereocenters. The van der Waals surface area contributed by atoms with Gasteiger partial charge in [0.05, 0.1) is 35.4 Å². The molecule has 2 heterocycles. The van der Waals surface area contributed by atoms with Crippen LogP contribution in [0, 0.1) is 6.92 Å². The number of nitrogens with two attached hydrogens (primary N) is 1. The maximum absolute atomic E-state index is 12.9. The highest BCUT2D eigenvalue weighted by Gasteiger charge is 2.19. The molecule has 0 fully saturated rings. The van der Waals surface area contributed by atoms with Crippen LogP contribution in [0.5, 0.6) is 5.75 Å². The third kappa shape index (κ3) is 3.44. The normalized spacial score (nSPS) is 10.8. The Morgan fingerprint density at radius 2 is 1.96 bits per heavy atom. The molecule has 0 amide bonds. The molecular weight excluding hydrogens is 350 g/mol. The molecule has 2 N–H and O–H groups in total. The molecule has 0 aliphatic heterocycles. The lowest BCUT2D eigenvalue weighted by molar-refractivity contribution is 0.103. The van der Waals surface area contributed by atoms with Gasteiger partial charge in [0.2, 0.25) is 5.78 Å². The van der Waals surface area contributed by atoms with Crippen molar-refractivity contribution in [2.24, 2.45) is 7.05 Å². The zero-order valence-electron chi connectivity index (χ0n) is 14.9. The molecule has 0 aliphatic carbocycles. The van der Waals surface area contributed by atoms with Gasteiger partial charge in [-0.15, -0.1) is 0 Å². The van der Waals surface area contributed by atoms with Crippen molar-refractivity contribution >= 4 is 23.1 Å². The van der Waals surface area contributed by atoms with E-state index in [2.05, 4.69) is 4.98 Å². The van der Waals surface area contributed by atoms with Crippen LogP contribution in [0.1, 0.15) is 33.0 Å². The van der Waals surface area contributed by atoms with Crippen molar-refractivity contribution in [3.63, 3.8) is 0 Å². The first-order chi connectivity index (χ1) is 12.4. The molecule has 2 aromatic heterocycles. The number of ketones is 1. The molecular formula is C20H20ClN3O2. The summed E-state index contributed by atoms with van der Waals surface area (Å²) in [5.74, 6) is 0.685. The number of halogens is 1. The van der Waals surface area contributed by atoms with Crippen LogP contribution in [0.15, 0.2) is 42.6 Å². The lowest BCUT2D eigenvalue weighted by Gasteiger charge is -2.09. The molecule has 0 radical (unpaired) electrons. The number of nitrogen functional groups attached to an aromatic ring is 1. The fraction of sp³-hybridized carbons (Fsp3) is 0.200. The highest BCUT2D eigenvalue weighted by Crippen LogP contribution is 2.24. The average Bonchev–Trinajstić information content (AvgIpc) is 2.90. The fourth-order valence-electron chi connectivity index (χ4n) is 2.99. The van der Waals surface area contributed by atoms with Gasteiger partial charge < -0.3 is 15.0 Å². The predicted octanol–water partition coefficient (Wildman–Crippen LogP) is 3.79. The first kappa shape index (κ1) is 18.0. The molecule has 0 bridgehead atoms. The van der Waals surface area contributed by atoms with E-state index in [0.29, 0.717) is 28.4 Å². The van der Waals surface area contributed by atoms with E-state index in [1.807, 2.05) is 24.6 Å². The number of aromatic nitrogens is 2. The molecule has 26 heavy (non-hydrogen) atoms. The third-order valence-corrected chi connectivity index (χ3v) is 4.70. The van der Waals surface area contributed by atoms with Crippen molar-refractivity contribution in [3.05, 3.63) is 75.8 Å². The van der Waals surface area contributed by atoms with E-state index in [4.69, 9.17) is 22.1 Å². The quantitative estimate of drug-likeness (QED) is 0.694. The molecule has 0 unspecified atom stereocenters. The average molecular weight is 370 g/mol. The Morgan fingerprint density at radius 3 is 2.58 bits per heavy atom. The summed E-state index contributed by atoms with van der Waals surface area (Å²) in [5.41, 5.74) is 10.1. The Morgan fingerprint density at radius 1 is 1.27 bits per heavy atom. The van der Waals surface area contributed by atoms with E-state index >= 15 is 0 Å². The van der Waals surface area contributed by atoms with Crippen LogP contribution in [0.3, 0.4) is 0 Å². The van der Waals surface area contributed by atoms with Gasteiger partial charge in [-0.05, 0) is 48.9 Å². The molecule has 0 aliphatic rings. The SMILES string of the molecule is COc1ccc(C(=O)c2c(C)cc(Cc3ncc(N)cc3Cl)n2C)cc1. The molecule has 3 rings (SSSR count). The van der Waals surface area contributed by atoms with Gasteiger partial charge in [-0.3, -0.25) is 9.78 Å². The van der Waals surface area contributed by atoms with E-state index in [-0.39, 0.29) is 5.78 Å². The van der Waals surface area contributed by atoms with Gasteiger partial charge in [0, 0.05) is 24.7 Å². The van der Waals surface area contributed by atoms with Crippen molar-refractivity contribution in [1.82, 2.24) is 9.55 Å². The van der Waals surface area contributed by atoms with Crippen LogP contribution >= 0.6 is 11.6 Å². The first-order valence-electron chi connectivity index (χ1n) is 8.14. The summed E-state index contributed by atoms with van der Waals surface area (Å²) in [7, 11) is 3.48. The number of carbonyl (C=O) groups is 1. The number of hydrogen-bond donors (Lipinski definition) is 1. The lowest BCUT2D eigenvalue weighted by Crippen LogP contribution is -2.11.